The molecule has 6 nitrogen and oxygen atoms in total. The number of nitrogens with zero attached hydrogens (tertiary/aromatic N) is 3. The molecule has 0 aliphatic carbocycles. The van der Waals surface area contributed by atoms with Crippen LogP contribution in [0.2, 0.25) is 0 Å². The van der Waals surface area contributed by atoms with Crippen molar-refractivity contribution in [3.05, 3.63) is 53.6 Å². The molecule has 0 atom stereocenters. The van der Waals surface area contributed by atoms with E-state index in [0.717, 1.165) is 49.4 Å². The van der Waals surface area contributed by atoms with Crippen LogP contribution in [0.5, 0.6) is 0 Å². The minimum absolute atomic E-state index is 0.256. The number of benzene rings is 1. The van der Waals surface area contributed by atoms with Crippen molar-refractivity contribution in [2.24, 2.45) is 5.92 Å². The first-order valence-electron chi connectivity index (χ1n) is 8.66. The zero-order valence-electron chi connectivity index (χ0n) is 14.5. The van der Waals surface area contributed by atoms with Crippen LogP contribution in [0, 0.1) is 12.8 Å². The van der Waals surface area contributed by atoms with Crippen molar-refractivity contribution in [1.82, 2.24) is 14.9 Å². The van der Waals surface area contributed by atoms with Crippen LogP contribution in [-0.4, -0.2) is 45.6 Å². The van der Waals surface area contributed by atoms with Gasteiger partial charge in [0.1, 0.15) is 5.69 Å². The van der Waals surface area contributed by atoms with Gasteiger partial charge in [-0.05, 0) is 56.5 Å². The molecule has 1 aliphatic heterocycles. The number of hydrogen-bond donors (Lipinski definition) is 2. The summed E-state index contributed by atoms with van der Waals surface area (Å²) in [6.07, 6.45) is 5.15. The van der Waals surface area contributed by atoms with Gasteiger partial charge in [0.05, 0.1) is 11.9 Å². The number of aryl methyl sites for hydroxylation is 1. The molecule has 1 fully saturated rings. The summed E-state index contributed by atoms with van der Waals surface area (Å²) in [7, 11) is 0. The summed E-state index contributed by atoms with van der Waals surface area (Å²) in [4.78, 5) is 22.8. The maximum atomic E-state index is 12.2. The van der Waals surface area contributed by atoms with E-state index in [0.29, 0.717) is 11.6 Å². The topological polar surface area (TPSA) is 78.4 Å². The van der Waals surface area contributed by atoms with Gasteiger partial charge < -0.3 is 10.4 Å². The fourth-order valence-electron chi connectivity index (χ4n) is 3.04. The number of likely N-dealkylation sites (tertiary alicyclic amines) is 1. The lowest BCUT2D eigenvalue weighted by Crippen LogP contribution is -2.34. The zero-order valence-corrected chi connectivity index (χ0v) is 14.5. The molecule has 2 heterocycles. The van der Waals surface area contributed by atoms with Crippen molar-refractivity contribution in [1.29, 1.82) is 0 Å². The number of amides is 1. The molecule has 3 rings (SSSR count). The van der Waals surface area contributed by atoms with Gasteiger partial charge in [0.2, 0.25) is 0 Å². The monoisotopic (exact) mass is 340 g/mol. The molecule has 132 valence electrons. The maximum Gasteiger partial charge on any atom is 0.275 e. The van der Waals surface area contributed by atoms with Crippen LogP contribution in [0.25, 0.3) is 0 Å². The highest BCUT2D eigenvalue weighted by molar-refractivity contribution is 6.02. The summed E-state index contributed by atoms with van der Waals surface area (Å²) in [5.74, 6) is 0.186. The number of anilines is 1. The summed E-state index contributed by atoms with van der Waals surface area (Å²) in [6, 6.07) is 7.89. The molecule has 0 bridgehead atoms. The Kier molecular flexibility index (Phi) is 5.73. The highest BCUT2D eigenvalue weighted by atomic mass is 16.3. The third kappa shape index (κ3) is 4.84. The lowest BCUT2D eigenvalue weighted by Gasteiger charge is -2.31. The SMILES string of the molecule is Cc1cnc(C(=O)Nc2cccc(CN3CCC(CO)CC3)c2)cn1. The third-order valence-corrected chi connectivity index (χ3v) is 4.57. The Bertz CT molecular complexity index is 710. The smallest absolute Gasteiger partial charge is 0.275 e. The van der Waals surface area contributed by atoms with Crippen molar-refractivity contribution >= 4 is 11.6 Å². The van der Waals surface area contributed by atoms with E-state index >= 15 is 0 Å². The molecular weight excluding hydrogens is 316 g/mol. The van der Waals surface area contributed by atoms with Gasteiger partial charge in [-0.15, -0.1) is 0 Å². The number of carbonyl (C=O) groups excluding carboxylic acids is 1. The highest BCUT2D eigenvalue weighted by Gasteiger charge is 2.18. The molecule has 0 radical (unpaired) electrons. The van der Waals surface area contributed by atoms with E-state index < -0.39 is 0 Å². The van der Waals surface area contributed by atoms with Crippen molar-refractivity contribution in [3.63, 3.8) is 0 Å². The van der Waals surface area contributed by atoms with E-state index in [4.69, 9.17) is 0 Å². The molecule has 0 saturated carbocycles. The Morgan fingerprint density at radius 3 is 2.76 bits per heavy atom. The van der Waals surface area contributed by atoms with Gasteiger partial charge in [0, 0.05) is 25.0 Å². The molecule has 0 spiro atoms. The van der Waals surface area contributed by atoms with E-state index in [2.05, 4.69) is 26.3 Å². The second-order valence-electron chi connectivity index (χ2n) is 6.60. The Morgan fingerprint density at radius 2 is 2.08 bits per heavy atom. The quantitative estimate of drug-likeness (QED) is 0.873. The van der Waals surface area contributed by atoms with Gasteiger partial charge in [0.15, 0.2) is 0 Å². The van der Waals surface area contributed by atoms with E-state index in [-0.39, 0.29) is 12.5 Å². The third-order valence-electron chi connectivity index (χ3n) is 4.57. The minimum Gasteiger partial charge on any atom is -0.396 e. The molecule has 1 aromatic heterocycles. The van der Waals surface area contributed by atoms with Crippen LogP contribution in [0.15, 0.2) is 36.7 Å². The van der Waals surface area contributed by atoms with E-state index in [1.807, 2.05) is 25.1 Å². The largest absolute Gasteiger partial charge is 0.396 e. The van der Waals surface area contributed by atoms with Gasteiger partial charge in [-0.1, -0.05) is 12.1 Å². The van der Waals surface area contributed by atoms with Crippen molar-refractivity contribution in [2.75, 3.05) is 25.0 Å². The summed E-state index contributed by atoms with van der Waals surface area (Å²) in [5.41, 5.74) is 3.01. The van der Waals surface area contributed by atoms with Gasteiger partial charge in [-0.25, -0.2) is 4.98 Å². The van der Waals surface area contributed by atoms with Crippen LogP contribution in [0.3, 0.4) is 0 Å². The van der Waals surface area contributed by atoms with Gasteiger partial charge in [0.25, 0.3) is 5.91 Å². The normalized spacial score (nSPS) is 15.9. The Labute approximate surface area is 147 Å². The van der Waals surface area contributed by atoms with E-state index in [9.17, 15) is 9.90 Å². The van der Waals surface area contributed by atoms with E-state index in [1.165, 1.54) is 6.20 Å². The number of aliphatic hydroxyl groups is 1. The maximum absolute atomic E-state index is 12.2. The minimum atomic E-state index is -0.256. The second-order valence-corrected chi connectivity index (χ2v) is 6.60. The van der Waals surface area contributed by atoms with Crippen LogP contribution < -0.4 is 5.32 Å². The predicted molar refractivity (Wildman–Crippen MR) is 96.3 cm³/mol. The fourth-order valence-corrected chi connectivity index (χ4v) is 3.04. The molecule has 1 saturated heterocycles. The van der Waals surface area contributed by atoms with Crippen LogP contribution in [0.4, 0.5) is 5.69 Å². The number of rotatable bonds is 5. The molecular formula is C19H24N4O2. The zero-order chi connectivity index (χ0) is 17.6. The van der Waals surface area contributed by atoms with Crippen molar-refractivity contribution in [2.45, 2.75) is 26.3 Å². The summed E-state index contributed by atoms with van der Waals surface area (Å²) in [6.45, 7) is 4.98. The van der Waals surface area contributed by atoms with E-state index in [1.54, 1.807) is 6.20 Å². The lowest BCUT2D eigenvalue weighted by atomic mass is 9.97. The first kappa shape index (κ1) is 17.5. The van der Waals surface area contributed by atoms with Crippen LogP contribution >= 0.6 is 0 Å². The Balaban J connectivity index is 1.59. The number of hydrogen-bond acceptors (Lipinski definition) is 5. The molecule has 1 amide bonds. The van der Waals surface area contributed by atoms with Crippen LogP contribution in [-0.2, 0) is 6.54 Å². The second kappa shape index (κ2) is 8.18. The molecule has 25 heavy (non-hydrogen) atoms. The molecule has 0 unspecified atom stereocenters. The standard InChI is InChI=1S/C19H24N4O2/c1-14-10-21-18(11-20-14)19(25)22-17-4-2-3-16(9-17)12-23-7-5-15(13-24)6-8-23/h2-4,9-11,15,24H,5-8,12-13H2,1H3,(H,22,25). The number of aromatic nitrogens is 2. The van der Waals surface area contributed by atoms with Crippen LogP contribution in [0.1, 0.15) is 34.6 Å². The highest BCUT2D eigenvalue weighted by Crippen LogP contribution is 2.20. The Hall–Kier alpha value is -2.31. The Morgan fingerprint density at radius 1 is 1.28 bits per heavy atom. The fraction of sp³-hybridized carbons (Fsp3) is 0.421. The first-order valence-corrected chi connectivity index (χ1v) is 8.66. The lowest BCUT2D eigenvalue weighted by molar-refractivity contribution is 0.102. The number of nitrogens with one attached hydrogen (secondary N) is 1. The summed E-state index contributed by atoms with van der Waals surface area (Å²) < 4.78 is 0. The number of piperidine rings is 1. The van der Waals surface area contributed by atoms with Crippen molar-refractivity contribution in [3.8, 4) is 0 Å². The first-order chi connectivity index (χ1) is 12.1. The molecule has 2 aromatic rings. The average Bonchev–Trinajstić information content (AvgIpc) is 2.63. The predicted octanol–water partition coefficient (Wildman–Crippen LogP) is 2.24. The van der Waals surface area contributed by atoms with Gasteiger partial charge in [-0.3, -0.25) is 14.7 Å². The molecule has 2 N–H and O–H groups in total. The number of carbonyl (C=O) groups is 1. The number of aliphatic hydroxyl groups excluding tert-OH is 1. The molecule has 6 heteroatoms. The summed E-state index contributed by atoms with van der Waals surface area (Å²) in [5, 5.41) is 12.1. The molecule has 1 aliphatic rings. The average molecular weight is 340 g/mol. The van der Waals surface area contributed by atoms with Crippen molar-refractivity contribution < 1.29 is 9.90 Å². The molecule has 1 aromatic carbocycles. The summed E-state index contributed by atoms with van der Waals surface area (Å²) >= 11 is 0. The van der Waals surface area contributed by atoms with Gasteiger partial charge >= 0.3 is 0 Å². The van der Waals surface area contributed by atoms with Gasteiger partial charge in [-0.2, -0.15) is 0 Å².